The molecule has 2 heterocycles. The van der Waals surface area contributed by atoms with Crippen molar-refractivity contribution >= 4 is 15.7 Å². The molecule has 0 spiro atoms. The van der Waals surface area contributed by atoms with Gasteiger partial charge in [0, 0.05) is 23.7 Å². The van der Waals surface area contributed by atoms with Crippen LogP contribution in [-0.2, 0) is 10.0 Å². The van der Waals surface area contributed by atoms with E-state index in [2.05, 4.69) is 11.4 Å². The van der Waals surface area contributed by atoms with Gasteiger partial charge in [-0.3, -0.25) is 0 Å². The maximum absolute atomic E-state index is 13.7. The molecule has 0 saturated carbocycles. The average molecular weight is 465 g/mol. The Kier molecular flexibility index (Phi) is 5.64. The summed E-state index contributed by atoms with van der Waals surface area (Å²) < 4.78 is 34.6. The van der Waals surface area contributed by atoms with E-state index < -0.39 is 10.0 Å². The Labute approximate surface area is 194 Å². The molecule has 1 saturated heterocycles. The summed E-state index contributed by atoms with van der Waals surface area (Å²) in [6.07, 6.45) is 0.687. The minimum atomic E-state index is -3.70. The quantitative estimate of drug-likeness (QED) is 0.591. The number of sulfonamides is 1. The first-order chi connectivity index (χ1) is 15.9. The van der Waals surface area contributed by atoms with E-state index in [1.807, 2.05) is 49.4 Å². The van der Waals surface area contributed by atoms with Gasteiger partial charge in [-0.05, 0) is 60.4 Å². The van der Waals surface area contributed by atoms with E-state index in [1.165, 1.54) is 0 Å². The Hall–Kier alpha value is -2.87. The number of para-hydroxylation sites is 1. The fourth-order valence-electron chi connectivity index (χ4n) is 5.25. The van der Waals surface area contributed by atoms with Crippen molar-refractivity contribution in [1.82, 2.24) is 4.31 Å². The van der Waals surface area contributed by atoms with Gasteiger partial charge in [0.2, 0.25) is 10.0 Å². The zero-order valence-corrected chi connectivity index (χ0v) is 19.5. The van der Waals surface area contributed by atoms with Gasteiger partial charge in [-0.15, -0.1) is 0 Å². The summed E-state index contributed by atoms with van der Waals surface area (Å²) in [4.78, 5) is 0.310. The molecule has 1 fully saturated rings. The van der Waals surface area contributed by atoms with Gasteiger partial charge in [0.1, 0.15) is 5.75 Å². The van der Waals surface area contributed by atoms with Crippen LogP contribution in [0.15, 0.2) is 71.6 Å². The molecule has 2 aliphatic rings. The van der Waals surface area contributed by atoms with Gasteiger partial charge in [0.15, 0.2) is 0 Å². The lowest BCUT2D eigenvalue weighted by Crippen LogP contribution is -2.42. The van der Waals surface area contributed by atoms with Gasteiger partial charge < -0.3 is 15.2 Å². The molecular formula is C26H28N2O4S. The average Bonchev–Trinajstić information content (AvgIpc) is 3.30. The molecule has 0 radical (unpaired) electrons. The van der Waals surface area contributed by atoms with Crippen molar-refractivity contribution in [2.24, 2.45) is 5.92 Å². The molecule has 0 aliphatic carbocycles. The van der Waals surface area contributed by atoms with Crippen LogP contribution in [0.4, 0.5) is 5.69 Å². The Morgan fingerprint density at radius 1 is 1.09 bits per heavy atom. The van der Waals surface area contributed by atoms with Crippen LogP contribution >= 0.6 is 0 Å². The molecule has 0 aromatic heterocycles. The van der Waals surface area contributed by atoms with Crippen molar-refractivity contribution in [1.29, 1.82) is 0 Å². The van der Waals surface area contributed by atoms with Crippen molar-refractivity contribution in [2.75, 3.05) is 25.6 Å². The van der Waals surface area contributed by atoms with Crippen LogP contribution < -0.4 is 10.1 Å². The molecule has 2 aliphatic heterocycles. The molecule has 0 bridgehead atoms. The summed E-state index contributed by atoms with van der Waals surface area (Å²) in [5.41, 5.74) is 4.62. The number of hydrogen-bond donors (Lipinski definition) is 2. The van der Waals surface area contributed by atoms with Gasteiger partial charge in [-0.2, -0.15) is 4.31 Å². The van der Waals surface area contributed by atoms with Gasteiger partial charge in [-0.25, -0.2) is 8.42 Å². The van der Waals surface area contributed by atoms with E-state index in [0.29, 0.717) is 17.9 Å². The largest absolute Gasteiger partial charge is 0.496 e. The molecule has 7 heteroatoms. The van der Waals surface area contributed by atoms with Crippen LogP contribution in [0.2, 0.25) is 0 Å². The minimum Gasteiger partial charge on any atom is -0.496 e. The molecule has 0 unspecified atom stereocenters. The third kappa shape index (κ3) is 3.70. The predicted molar refractivity (Wildman–Crippen MR) is 129 cm³/mol. The Balaban J connectivity index is 1.63. The topological polar surface area (TPSA) is 78.9 Å². The number of aliphatic hydroxyl groups is 1. The highest BCUT2D eigenvalue weighted by Gasteiger charge is 2.48. The molecule has 33 heavy (non-hydrogen) atoms. The number of nitrogens with zero attached hydrogens (tertiary/aromatic N) is 1. The lowest BCUT2D eigenvalue weighted by molar-refractivity contribution is 0.210. The zero-order valence-electron chi connectivity index (χ0n) is 18.7. The lowest BCUT2D eigenvalue weighted by atomic mass is 9.82. The first kappa shape index (κ1) is 21.9. The van der Waals surface area contributed by atoms with E-state index in [9.17, 15) is 13.5 Å². The number of hydrogen-bond acceptors (Lipinski definition) is 5. The molecule has 0 amide bonds. The summed E-state index contributed by atoms with van der Waals surface area (Å²) in [6.45, 7) is 2.27. The number of benzene rings is 3. The third-order valence-electron chi connectivity index (χ3n) is 6.84. The van der Waals surface area contributed by atoms with Crippen molar-refractivity contribution in [3.05, 3.63) is 77.9 Å². The van der Waals surface area contributed by atoms with Crippen molar-refractivity contribution in [2.45, 2.75) is 30.3 Å². The molecule has 3 aromatic carbocycles. The van der Waals surface area contributed by atoms with Gasteiger partial charge in [0.25, 0.3) is 0 Å². The number of nitrogens with one attached hydrogen (secondary N) is 1. The second kappa shape index (κ2) is 8.48. The second-order valence-corrected chi connectivity index (χ2v) is 10.7. The molecule has 2 N–H and O–H groups in total. The molecule has 3 aromatic rings. The maximum Gasteiger partial charge on any atom is 0.243 e. The molecule has 172 valence electrons. The number of aryl methyl sites for hydroxylation is 1. The SMILES string of the molecule is COc1ccccc1-c1ccc2c(c1)[C@H]1[C@H](CCN1S(=O)(=O)c1cccc(C)c1)[C@@H](CO)N2. The van der Waals surface area contributed by atoms with Gasteiger partial charge in [-0.1, -0.05) is 36.4 Å². The van der Waals surface area contributed by atoms with E-state index in [0.717, 1.165) is 33.7 Å². The van der Waals surface area contributed by atoms with Crippen LogP contribution in [0, 0.1) is 12.8 Å². The Morgan fingerprint density at radius 3 is 2.67 bits per heavy atom. The van der Waals surface area contributed by atoms with Crippen molar-refractivity contribution in [3.63, 3.8) is 0 Å². The first-order valence-corrected chi connectivity index (χ1v) is 12.6. The van der Waals surface area contributed by atoms with E-state index >= 15 is 0 Å². The number of ether oxygens (including phenoxy) is 1. The third-order valence-corrected chi connectivity index (χ3v) is 8.71. The number of fused-ring (bicyclic) bond motifs is 3. The summed E-state index contributed by atoms with van der Waals surface area (Å²) in [5, 5.41) is 13.5. The zero-order chi connectivity index (χ0) is 23.2. The monoisotopic (exact) mass is 464 g/mol. The fourth-order valence-corrected chi connectivity index (χ4v) is 7.02. The first-order valence-electron chi connectivity index (χ1n) is 11.2. The molecular weight excluding hydrogens is 436 g/mol. The number of aliphatic hydroxyl groups excluding tert-OH is 1. The minimum absolute atomic E-state index is 0.0185. The van der Waals surface area contributed by atoms with Crippen LogP contribution in [0.1, 0.15) is 23.6 Å². The fraction of sp³-hybridized carbons (Fsp3) is 0.308. The summed E-state index contributed by atoms with van der Waals surface area (Å²) >= 11 is 0. The molecule has 3 atom stereocenters. The van der Waals surface area contributed by atoms with Crippen molar-refractivity contribution < 1.29 is 18.3 Å². The number of methoxy groups -OCH3 is 1. The van der Waals surface area contributed by atoms with E-state index in [4.69, 9.17) is 4.74 Å². The van der Waals surface area contributed by atoms with Crippen LogP contribution in [-0.4, -0.2) is 44.1 Å². The van der Waals surface area contributed by atoms with Crippen LogP contribution in [0.3, 0.4) is 0 Å². The Bertz CT molecular complexity index is 1290. The number of anilines is 1. The number of rotatable bonds is 5. The predicted octanol–water partition coefficient (Wildman–Crippen LogP) is 4.21. The van der Waals surface area contributed by atoms with Crippen LogP contribution in [0.25, 0.3) is 11.1 Å². The van der Waals surface area contributed by atoms with E-state index in [1.54, 1.807) is 29.6 Å². The highest BCUT2D eigenvalue weighted by Crippen LogP contribution is 2.49. The normalized spacial score (nSPS) is 22.3. The van der Waals surface area contributed by atoms with Crippen LogP contribution in [0.5, 0.6) is 5.75 Å². The van der Waals surface area contributed by atoms with Crippen molar-refractivity contribution in [3.8, 4) is 16.9 Å². The molecule has 5 rings (SSSR count). The Morgan fingerprint density at radius 2 is 1.91 bits per heavy atom. The smallest absolute Gasteiger partial charge is 0.243 e. The summed E-state index contributed by atoms with van der Waals surface area (Å²) in [7, 11) is -2.05. The maximum atomic E-state index is 13.7. The standard InChI is InChI=1S/C26H28N2O4S/c1-17-6-5-7-19(14-17)33(30,31)28-13-12-21-24(16-29)27-23-11-10-18(15-22(23)26(21)28)20-8-3-4-9-25(20)32-2/h3-11,14-15,21,24,26-27,29H,12-13,16H2,1-2H3/t21-,24-,26-/m1/s1. The lowest BCUT2D eigenvalue weighted by Gasteiger charge is -2.39. The molecule has 6 nitrogen and oxygen atoms in total. The van der Waals surface area contributed by atoms with Gasteiger partial charge in [0.05, 0.1) is 30.7 Å². The second-order valence-electron chi connectivity index (χ2n) is 8.77. The highest BCUT2D eigenvalue weighted by molar-refractivity contribution is 7.89. The van der Waals surface area contributed by atoms with E-state index in [-0.39, 0.29) is 24.6 Å². The highest BCUT2D eigenvalue weighted by atomic mass is 32.2. The summed E-state index contributed by atoms with van der Waals surface area (Å²) in [5.74, 6) is 0.747. The van der Waals surface area contributed by atoms with Gasteiger partial charge >= 0.3 is 0 Å². The summed E-state index contributed by atoms with van der Waals surface area (Å²) in [6, 6.07) is 20.4.